The van der Waals surface area contributed by atoms with E-state index in [2.05, 4.69) is 33.0 Å². The minimum Gasteiger partial charge on any atom is -0.378 e. The van der Waals surface area contributed by atoms with Crippen molar-refractivity contribution in [2.24, 2.45) is 5.41 Å². The van der Waals surface area contributed by atoms with Crippen molar-refractivity contribution in [2.45, 2.75) is 59.4 Å². The number of nitrogens with one attached hydrogen (secondary N) is 1. The summed E-state index contributed by atoms with van der Waals surface area (Å²) >= 11 is 0. The fourth-order valence-corrected chi connectivity index (χ4v) is 2.57. The molecule has 1 N–H and O–H groups in total. The largest absolute Gasteiger partial charge is 0.378 e. The topological polar surface area (TPSA) is 41.6 Å². The summed E-state index contributed by atoms with van der Waals surface area (Å²) in [6.07, 6.45) is 4.48. The van der Waals surface area contributed by atoms with Crippen molar-refractivity contribution in [3.8, 4) is 0 Å². The zero-order valence-electron chi connectivity index (χ0n) is 13.7. The fraction of sp³-hybridized carbons (Fsp3) is 0.938. The van der Waals surface area contributed by atoms with Gasteiger partial charge in [0.05, 0.1) is 19.3 Å². The highest BCUT2D eigenvalue weighted by Gasteiger charge is 2.24. The Hall–Kier alpha value is -0.610. The minimum absolute atomic E-state index is 0.0157. The third kappa shape index (κ3) is 6.71. The second kappa shape index (κ2) is 8.63. The number of amides is 1. The van der Waals surface area contributed by atoms with E-state index in [9.17, 15) is 4.79 Å². The molecule has 0 aliphatic carbocycles. The maximum absolute atomic E-state index is 12.5. The van der Waals surface area contributed by atoms with Crippen molar-refractivity contribution in [3.05, 3.63) is 0 Å². The summed E-state index contributed by atoms with van der Waals surface area (Å²) < 4.78 is 5.31. The SMILES string of the molecule is CCNC(CCCCC(C)(C)C)C(=O)N1CCOCC1. The van der Waals surface area contributed by atoms with E-state index < -0.39 is 0 Å². The molecule has 0 aromatic heterocycles. The fourth-order valence-electron chi connectivity index (χ4n) is 2.57. The molecule has 1 aliphatic rings. The van der Waals surface area contributed by atoms with Crippen LogP contribution < -0.4 is 5.32 Å². The number of rotatable bonds is 7. The first-order valence-corrected chi connectivity index (χ1v) is 8.04. The predicted octanol–water partition coefficient (Wildman–Crippen LogP) is 2.43. The van der Waals surface area contributed by atoms with Crippen LogP contribution >= 0.6 is 0 Å². The number of nitrogens with zero attached hydrogens (tertiary/aromatic N) is 1. The number of ether oxygens (including phenoxy) is 1. The van der Waals surface area contributed by atoms with Crippen molar-refractivity contribution in [3.63, 3.8) is 0 Å². The van der Waals surface area contributed by atoms with Crippen LogP contribution in [0.1, 0.15) is 53.4 Å². The highest BCUT2D eigenvalue weighted by molar-refractivity contribution is 5.82. The molecule has 118 valence electrons. The highest BCUT2D eigenvalue weighted by atomic mass is 16.5. The first-order chi connectivity index (χ1) is 9.44. The summed E-state index contributed by atoms with van der Waals surface area (Å²) in [6, 6.07) is -0.0157. The van der Waals surface area contributed by atoms with Crippen LogP contribution in [-0.2, 0) is 9.53 Å². The molecule has 1 saturated heterocycles. The summed E-state index contributed by atoms with van der Waals surface area (Å²) in [5.41, 5.74) is 0.391. The monoisotopic (exact) mass is 284 g/mol. The van der Waals surface area contributed by atoms with E-state index in [0.717, 1.165) is 32.5 Å². The van der Waals surface area contributed by atoms with Gasteiger partial charge in [0.25, 0.3) is 0 Å². The van der Waals surface area contributed by atoms with Gasteiger partial charge in [0, 0.05) is 13.1 Å². The molecule has 4 heteroatoms. The van der Waals surface area contributed by atoms with Crippen molar-refractivity contribution < 1.29 is 9.53 Å². The molecule has 1 rings (SSSR count). The van der Waals surface area contributed by atoms with Gasteiger partial charge in [-0.05, 0) is 24.8 Å². The third-order valence-corrected chi connectivity index (χ3v) is 3.74. The van der Waals surface area contributed by atoms with E-state index >= 15 is 0 Å². The molecule has 1 aliphatic heterocycles. The molecule has 1 heterocycles. The molecule has 1 amide bonds. The summed E-state index contributed by atoms with van der Waals surface area (Å²) in [5, 5.41) is 3.35. The normalized spacial score (nSPS) is 18.1. The molecule has 0 radical (unpaired) electrons. The average molecular weight is 284 g/mol. The number of unbranched alkanes of at least 4 members (excludes halogenated alkanes) is 1. The smallest absolute Gasteiger partial charge is 0.239 e. The molecule has 0 spiro atoms. The van der Waals surface area contributed by atoms with Gasteiger partial charge in [0.1, 0.15) is 0 Å². The van der Waals surface area contributed by atoms with E-state index in [1.165, 1.54) is 12.8 Å². The minimum atomic E-state index is -0.0157. The van der Waals surface area contributed by atoms with E-state index in [4.69, 9.17) is 4.74 Å². The molecule has 4 nitrogen and oxygen atoms in total. The van der Waals surface area contributed by atoms with Crippen LogP contribution in [0.4, 0.5) is 0 Å². The lowest BCUT2D eigenvalue weighted by molar-refractivity contribution is -0.137. The quantitative estimate of drug-likeness (QED) is 0.730. The standard InChI is InChI=1S/C16H32N2O2/c1-5-17-14(8-6-7-9-16(2,3)4)15(19)18-10-12-20-13-11-18/h14,17H,5-13H2,1-4H3. The van der Waals surface area contributed by atoms with Gasteiger partial charge >= 0.3 is 0 Å². The lowest BCUT2D eigenvalue weighted by atomic mass is 9.89. The molecule has 0 bridgehead atoms. The van der Waals surface area contributed by atoms with Crippen LogP contribution in [-0.4, -0.2) is 49.7 Å². The molecule has 20 heavy (non-hydrogen) atoms. The van der Waals surface area contributed by atoms with E-state index in [0.29, 0.717) is 18.6 Å². The molecule has 0 saturated carbocycles. The Balaban J connectivity index is 2.36. The third-order valence-electron chi connectivity index (χ3n) is 3.74. The second-order valence-corrected chi connectivity index (χ2v) is 6.85. The zero-order valence-corrected chi connectivity index (χ0v) is 13.7. The van der Waals surface area contributed by atoms with Gasteiger partial charge in [-0.1, -0.05) is 40.5 Å². The van der Waals surface area contributed by atoms with Gasteiger partial charge in [0.15, 0.2) is 0 Å². The highest BCUT2D eigenvalue weighted by Crippen LogP contribution is 2.22. The Morgan fingerprint density at radius 1 is 1.25 bits per heavy atom. The molecular formula is C16H32N2O2. The molecule has 1 unspecified atom stereocenters. The van der Waals surface area contributed by atoms with Crippen molar-refractivity contribution in [1.82, 2.24) is 10.2 Å². The maximum Gasteiger partial charge on any atom is 0.239 e. The van der Waals surface area contributed by atoms with Crippen LogP contribution in [0.5, 0.6) is 0 Å². The Bertz CT molecular complexity index is 281. The first-order valence-electron chi connectivity index (χ1n) is 8.04. The van der Waals surface area contributed by atoms with Crippen LogP contribution in [0.2, 0.25) is 0 Å². The molecular weight excluding hydrogens is 252 g/mol. The second-order valence-electron chi connectivity index (χ2n) is 6.85. The summed E-state index contributed by atoms with van der Waals surface area (Å²) in [5.74, 6) is 0.255. The Labute approximate surface area is 124 Å². The van der Waals surface area contributed by atoms with Crippen molar-refractivity contribution >= 4 is 5.91 Å². The Morgan fingerprint density at radius 3 is 2.45 bits per heavy atom. The number of hydrogen-bond donors (Lipinski definition) is 1. The molecule has 0 aromatic carbocycles. The number of likely N-dealkylation sites (N-methyl/N-ethyl adjacent to an activating group) is 1. The predicted molar refractivity (Wildman–Crippen MR) is 82.8 cm³/mol. The van der Waals surface area contributed by atoms with Gasteiger partial charge < -0.3 is 15.0 Å². The maximum atomic E-state index is 12.5. The molecule has 1 atom stereocenters. The molecule has 1 fully saturated rings. The van der Waals surface area contributed by atoms with Crippen LogP contribution in [0.15, 0.2) is 0 Å². The van der Waals surface area contributed by atoms with Crippen LogP contribution in [0, 0.1) is 5.41 Å². The van der Waals surface area contributed by atoms with Gasteiger partial charge in [-0.3, -0.25) is 4.79 Å². The van der Waals surface area contributed by atoms with E-state index in [1.54, 1.807) is 0 Å². The van der Waals surface area contributed by atoms with Crippen molar-refractivity contribution in [1.29, 1.82) is 0 Å². The lowest BCUT2D eigenvalue weighted by Crippen LogP contribution is -2.50. The number of carbonyl (C=O) groups excluding carboxylic acids is 1. The number of morpholine rings is 1. The average Bonchev–Trinajstić information content (AvgIpc) is 2.41. The summed E-state index contributed by atoms with van der Waals surface area (Å²) in [7, 11) is 0. The van der Waals surface area contributed by atoms with Crippen molar-refractivity contribution in [2.75, 3.05) is 32.8 Å². The van der Waals surface area contributed by atoms with Gasteiger partial charge in [0.2, 0.25) is 5.91 Å². The van der Waals surface area contributed by atoms with Gasteiger partial charge in [-0.25, -0.2) is 0 Å². The molecule has 0 aromatic rings. The summed E-state index contributed by atoms with van der Waals surface area (Å²) in [6.45, 7) is 12.6. The van der Waals surface area contributed by atoms with E-state index in [-0.39, 0.29) is 11.9 Å². The number of hydrogen-bond acceptors (Lipinski definition) is 3. The van der Waals surface area contributed by atoms with E-state index in [1.807, 2.05) is 4.90 Å². The zero-order chi connectivity index (χ0) is 15.0. The Morgan fingerprint density at radius 2 is 1.90 bits per heavy atom. The first kappa shape index (κ1) is 17.4. The van der Waals surface area contributed by atoms with Gasteiger partial charge in [-0.2, -0.15) is 0 Å². The lowest BCUT2D eigenvalue weighted by Gasteiger charge is -2.31. The van der Waals surface area contributed by atoms with Crippen LogP contribution in [0.25, 0.3) is 0 Å². The Kier molecular flexibility index (Phi) is 7.52. The number of carbonyl (C=O) groups is 1. The van der Waals surface area contributed by atoms with Gasteiger partial charge in [-0.15, -0.1) is 0 Å². The van der Waals surface area contributed by atoms with Crippen LogP contribution in [0.3, 0.4) is 0 Å². The summed E-state index contributed by atoms with van der Waals surface area (Å²) in [4.78, 5) is 14.4.